The van der Waals surface area contributed by atoms with Crippen molar-refractivity contribution >= 4 is 45.2 Å². The minimum Gasteiger partial charge on any atom is -0.507 e. The Morgan fingerprint density at radius 3 is 2.45 bits per heavy atom. The molecule has 1 aliphatic carbocycles. The number of rotatable bonds is 5. The van der Waals surface area contributed by atoms with Crippen LogP contribution >= 0.6 is 0 Å². The van der Waals surface area contributed by atoms with Gasteiger partial charge < -0.3 is 53.6 Å². The molecule has 1 saturated heterocycles. The molecule has 5 aliphatic rings. The molecule has 0 saturated carbocycles. The van der Waals surface area contributed by atoms with Crippen LogP contribution in [0.4, 0.5) is 5.69 Å². The van der Waals surface area contributed by atoms with Crippen molar-refractivity contribution < 1.29 is 57.8 Å². The van der Waals surface area contributed by atoms with Gasteiger partial charge in [0.2, 0.25) is 5.43 Å². The van der Waals surface area contributed by atoms with Gasteiger partial charge in [-0.2, -0.15) is 0 Å². The summed E-state index contributed by atoms with van der Waals surface area (Å²) in [5.74, 6) is -6.37. The minimum atomic E-state index is -2.04. The SMILES string of the molecule is CO[C@H]1/C=C/O[C@@]2(C)Oc3c(C)c(O)c4c(=O)c(c5oc6cc(OCC7CCN(C)C7)ccc6nc-5c4c3C2=O)NC(=O)/C(C)=C\C=C\[C@H](C)[C@H](O)[C@@H](C)[C@@H](O)[C@@H](C)[C@H](OC(C)=O)[C@@H]1C. The molecule has 65 heavy (non-hydrogen) atoms. The molecular formula is C49H59N3O13. The number of ether oxygens (including phenoxy) is 5. The molecule has 4 heterocycles. The van der Waals surface area contributed by atoms with Crippen LogP contribution in [0.15, 0.2) is 63.6 Å². The Labute approximate surface area is 377 Å². The molecule has 1 amide bonds. The summed E-state index contributed by atoms with van der Waals surface area (Å²) in [7, 11) is 3.51. The van der Waals surface area contributed by atoms with Crippen molar-refractivity contribution in [2.75, 3.05) is 39.2 Å². The third-order valence-electron chi connectivity index (χ3n) is 13.3. The molecule has 4 bridgehead atoms. The topological polar surface area (TPSA) is 216 Å². The lowest BCUT2D eigenvalue weighted by Crippen LogP contribution is -2.46. The third-order valence-corrected chi connectivity index (χ3v) is 13.3. The van der Waals surface area contributed by atoms with Gasteiger partial charge in [-0.1, -0.05) is 45.9 Å². The van der Waals surface area contributed by atoms with E-state index in [0.29, 0.717) is 23.8 Å². The van der Waals surface area contributed by atoms with E-state index < -0.39 is 82.7 Å². The fraction of sp³-hybridized carbons (Fsp3) is 0.490. The number of carbonyl (C=O) groups excluding carboxylic acids is 3. The number of fused-ring (bicyclic) bond motifs is 2. The molecule has 16 heteroatoms. The number of aliphatic hydroxyl groups is 2. The summed E-state index contributed by atoms with van der Waals surface area (Å²) < 4.78 is 36.5. The predicted molar refractivity (Wildman–Crippen MR) is 242 cm³/mol. The van der Waals surface area contributed by atoms with Gasteiger partial charge >= 0.3 is 11.8 Å². The highest BCUT2D eigenvalue weighted by Gasteiger charge is 2.50. The highest BCUT2D eigenvalue weighted by molar-refractivity contribution is 6.22. The molecule has 2 aromatic rings. The van der Waals surface area contributed by atoms with Crippen LogP contribution in [0.3, 0.4) is 0 Å². The van der Waals surface area contributed by atoms with Crippen molar-refractivity contribution in [1.29, 1.82) is 0 Å². The molecule has 10 atom stereocenters. The van der Waals surface area contributed by atoms with Crippen LogP contribution in [0.25, 0.3) is 33.3 Å². The fourth-order valence-corrected chi connectivity index (χ4v) is 9.25. The van der Waals surface area contributed by atoms with Gasteiger partial charge in [0.1, 0.15) is 40.3 Å². The molecule has 4 N–H and O–H groups in total. The number of methoxy groups -OCH3 is 1. The fourth-order valence-electron chi connectivity index (χ4n) is 9.25. The first-order chi connectivity index (χ1) is 30.8. The maximum Gasteiger partial charge on any atom is 0.312 e. The summed E-state index contributed by atoms with van der Waals surface area (Å²) in [6.07, 6.45) is 4.62. The lowest BCUT2D eigenvalue weighted by atomic mass is 9.78. The van der Waals surface area contributed by atoms with Crippen LogP contribution in [0.2, 0.25) is 0 Å². The summed E-state index contributed by atoms with van der Waals surface area (Å²) in [5.41, 5.74) is -0.483. The first kappa shape index (κ1) is 47.2. The second-order valence-electron chi connectivity index (χ2n) is 18.1. The molecule has 1 fully saturated rings. The van der Waals surface area contributed by atoms with E-state index in [1.165, 1.54) is 53.2 Å². The van der Waals surface area contributed by atoms with Crippen LogP contribution < -0.4 is 20.2 Å². The van der Waals surface area contributed by atoms with Crippen molar-refractivity contribution in [3.05, 3.63) is 75.7 Å². The monoisotopic (exact) mass is 897 g/mol. The van der Waals surface area contributed by atoms with Gasteiger partial charge in [0.05, 0.1) is 42.1 Å². The van der Waals surface area contributed by atoms with Crippen molar-refractivity contribution in [3.63, 3.8) is 0 Å². The van der Waals surface area contributed by atoms with Gasteiger partial charge in [0.15, 0.2) is 11.3 Å². The Morgan fingerprint density at radius 2 is 1.77 bits per heavy atom. The molecular weight excluding hydrogens is 839 g/mol. The van der Waals surface area contributed by atoms with Gasteiger partial charge in [0, 0.05) is 79.7 Å². The number of benzene rings is 3. The number of phenols is 1. The second kappa shape index (κ2) is 18.6. The highest BCUT2D eigenvalue weighted by Crippen LogP contribution is 2.50. The summed E-state index contributed by atoms with van der Waals surface area (Å²) in [4.78, 5) is 63.0. The lowest BCUT2D eigenvalue weighted by molar-refractivity contribution is -0.160. The number of nitrogens with one attached hydrogen (secondary N) is 1. The van der Waals surface area contributed by atoms with Gasteiger partial charge in [-0.25, -0.2) is 4.98 Å². The van der Waals surface area contributed by atoms with Gasteiger partial charge in [0.25, 0.3) is 11.7 Å². The van der Waals surface area contributed by atoms with E-state index in [9.17, 15) is 34.5 Å². The zero-order valence-electron chi connectivity index (χ0n) is 38.5. The number of nitrogens with zero attached hydrogens (tertiary/aromatic N) is 2. The summed E-state index contributed by atoms with van der Waals surface area (Å²) in [6, 6.07) is 5.08. The Bertz CT molecular complexity index is 2640. The molecule has 4 aliphatic heterocycles. The third kappa shape index (κ3) is 8.96. The smallest absolute Gasteiger partial charge is 0.312 e. The largest absolute Gasteiger partial charge is 0.507 e. The van der Waals surface area contributed by atoms with E-state index in [2.05, 4.69) is 17.3 Å². The number of aromatic nitrogens is 1. The number of hydrogen-bond acceptors (Lipinski definition) is 15. The molecule has 0 radical (unpaired) electrons. The molecule has 1 unspecified atom stereocenters. The van der Waals surface area contributed by atoms with Crippen molar-refractivity contribution in [2.45, 2.75) is 92.0 Å². The number of anilines is 1. The van der Waals surface area contributed by atoms with E-state index in [1.807, 2.05) is 0 Å². The van der Waals surface area contributed by atoms with Gasteiger partial charge in [-0.05, 0) is 52.1 Å². The average Bonchev–Trinajstić information content (AvgIpc) is 3.82. The summed E-state index contributed by atoms with van der Waals surface area (Å²) >= 11 is 0. The van der Waals surface area contributed by atoms with Crippen LogP contribution in [0, 0.1) is 36.5 Å². The van der Waals surface area contributed by atoms with E-state index in [4.69, 9.17) is 33.1 Å². The molecule has 2 aromatic carbocycles. The van der Waals surface area contributed by atoms with Gasteiger partial charge in [-0.15, -0.1) is 0 Å². The number of carbonyl (C=O) groups is 3. The number of ketones is 1. The zero-order valence-corrected chi connectivity index (χ0v) is 38.5. The van der Waals surface area contributed by atoms with Crippen molar-refractivity contribution in [1.82, 2.24) is 9.88 Å². The van der Waals surface area contributed by atoms with E-state index >= 15 is 0 Å². The number of Topliss-reactive ketones (excluding diaryl/α,β-unsaturated/α-hetero) is 1. The maximum absolute atomic E-state index is 14.8. The van der Waals surface area contributed by atoms with Crippen LogP contribution in [-0.4, -0.2) is 107 Å². The van der Waals surface area contributed by atoms with Crippen LogP contribution in [0.1, 0.15) is 70.8 Å². The molecule has 0 spiro atoms. The van der Waals surface area contributed by atoms with Crippen molar-refractivity contribution in [3.8, 4) is 28.7 Å². The lowest BCUT2D eigenvalue weighted by Gasteiger charge is -2.38. The zero-order chi connectivity index (χ0) is 47.2. The minimum absolute atomic E-state index is 0.0117. The van der Waals surface area contributed by atoms with Crippen LogP contribution in [0.5, 0.6) is 17.2 Å². The van der Waals surface area contributed by atoms with E-state index in [0.717, 1.165) is 19.5 Å². The maximum atomic E-state index is 14.8. The summed E-state index contributed by atoms with van der Waals surface area (Å²) in [5, 5.41) is 37.2. The first-order valence-electron chi connectivity index (χ1n) is 22.0. The second-order valence-corrected chi connectivity index (χ2v) is 18.1. The highest BCUT2D eigenvalue weighted by atomic mass is 16.7. The van der Waals surface area contributed by atoms with E-state index in [1.54, 1.807) is 58.0 Å². The molecule has 348 valence electrons. The molecule has 16 nitrogen and oxygen atoms in total. The number of allylic oxidation sites excluding steroid dienone is 2. The Morgan fingerprint density at radius 1 is 1.03 bits per heavy atom. The quantitative estimate of drug-likeness (QED) is 0.0985. The number of phenolic OH excluding ortho intramolecular Hbond substituents is 1. The number of aromatic hydroxyl groups is 1. The number of aliphatic hydroxyl groups excluding tert-OH is 2. The van der Waals surface area contributed by atoms with Gasteiger partial charge in [-0.3, -0.25) is 19.2 Å². The molecule has 0 aromatic heterocycles. The van der Waals surface area contributed by atoms with E-state index in [-0.39, 0.29) is 55.9 Å². The van der Waals surface area contributed by atoms with Crippen molar-refractivity contribution in [2.24, 2.45) is 29.6 Å². The Kier molecular flexibility index (Phi) is 13.5. The number of hydrogen-bond donors (Lipinski definition) is 4. The van der Waals surface area contributed by atoms with Crippen LogP contribution in [-0.2, 0) is 23.8 Å². The summed E-state index contributed by atoms with van der Waals surface area (Å²) in [6.45, 7) is 15.0. The number of esters is 1. The average molecular weight is 898 g/mol. The first-order valence-corrected chi connectivity index (χ1v) is 22.0. The Balaban J connectivity index is 1.40. The number of likely N-dealkylation sites (tertiary alicyclic amines) is 1. The standard InChI is InChI=1S/C49H59N3O13/c1-23-12-11-13-24(2)48(59)51-39-43(57)36-35(38-46(39)64-34-20-31(14-15-32(34)50-38)61-22-30-16-18-52(9)21-30)37-45(28(6)42(36)56)65-49(8,47(37)58)62-19-17-33(60-10)25(3)44(63-29(7)53)27(5)41(55)26(4)40(23)54/h11-15,17,19-20,23,25-27,30,33,40-41,44,54-56H,16,18,21-22H2,1-10H3,(H,51,59)/b12-11+,19-17+,24-13-/t23-,25+,26+,27+,30?,33-,40-,41+,44+,49-/m0/s1. The normalized spacial score (nSPS) is 31.1. The predicted octanol–water partition coefficient (Wildman–Crippen LogP) is 6.28. The number of amides is 1. The Hall–Kier alpha value is -5.81. The molecule has 7 rings (SSSR count).